The van der Waals surface area contributed by atoms with Gasteiger partial charge in [-0.2, -0.15) is 0 Å². The molecule has 2 heteroatoms. The molecular formula is C17H22N2. The first-order valence-corrected chi connectivity index (χ1v) is 6.82. The molecule has 2 aromatic rings. The number of hydrogen-bond donors (Lipinski definition) is 2. The van der Waals surface area contributed by atoms with Crippen LogP contribution in [0.1, 0.15) is 18.1 Å². The summed E-state index contributed by atoms with van der Waals surface area (Å²) in [6, 6.07) is 21.4. The van der Waals surface area contributed by atoms with Gasteiger partial charge in [-0.1, -0.05) is 60.7 Å². The molecule has 2 unspecified atom stereocenters. The summed E-state index contributed by atoms with van der Waals surface area (Å²) in [5, 5.41) is 3.56. The number of benzene rings is 2. The summed E-state index contributed by atoms with van der Waals surface area (Å²) in [6.07, 6.45) is 0.964. The zero-order valence-electron chi connectivity index (χ0n) is 11.4. The van der Waals surface area contributed by atoms with Crippen LogP contribution in [0.4, 0.5) is 0 Å². The molecule has 0 saturated carbocycles. The van der Waals surface area contributed by atoms with Crippen molar-refractivity contribution in [3.8, 4) is 0 Å². The van der Waals surface area contributed by atoms with Crippen molar-refractivity contribution in [2.75, 3.05) is 0 Å². The monoisotopic (exact) mass is 254 g/mol. The molecule has 0 aliphatic heterocycles. The molecule has 0 radical (unpaired) electrons. The van der Waals surface area contributed by atoms with Crippen LogP contribution in [0, 0.1) is 0 Å². The third kappa shape index (κ3) is 4.51. The van der Waals surface area contributed by atoms with Gasteiger partial charge in [-0.25, -0.2) is 0 Å². The Morgan fingerprint density at radius 2 is 1.42 bits per heavy atom. The van der Waals surface area contributed by atoms with Gasteiger partial charge >= 0.3 is 0 Å². The van der Waals surface area contributed by atoms with E-state index in [1.54, 1.807) is 0 Å². The Hall–Kier alpha value is -1.64. The number of rotatable bonds is 6. The predicted octanol–water partition coefficient (Wildman–Crippen LogP) is 2.73. The first-order chi connectivity index (χ1) is 9.25. The number of nitrogens with two attached hydrogens (primary N) is 1. The average Bonchev–Trinajstić information content (AvgIpc) is 2.45. The SMILES string of the molecule is CC(N)C(Cc1ccccc1)NCc1ccccc1. The Morgan fingerprint density at radius 1 is 0.895 bits per heavy atom. The van der Waals surface area contributed by atoms with E-state index in [1.165, 1.54) is 11.1 Å². The summed E-state index contributed by atoms with van der Waals surface area (Å²) in [4.78, 5) is 0. The second-order valence-corrected chi connectivity index (χ2v) is 5.02. The molecule has 0 aromatic heterocycles. The normalized spacial score (nSPS) is 14.0. The molecule has 0 saturated heterocycles. The standard InChI is InChI=1S/C17H22N2/c1-14(18)17(12-15-8-4-2-5-9-15)19-13-16-10-6-3-7-11-16/h2-11,14,17,19H,12-13,18H2,1H3. The van der Waals surface area contributed by atoms with Crippen molar-refractivity contribution in [2.45, 2.75) is 32.0 Å². The van der Waals surface area contributed by atoms with Crippen LogP contribution >= 0.6 is 0 Å². The summed E-state index contributed by atoms with van der Waals surface area (Å²) in [5.74, 6) is 0. The van der Waals surface area contributed by atoms with Gasteiger partial charge in [0.15, 0.2) is 0 Å². The van der Waals surface area contributed by atoms with Gasteiger partial charge in [-0.3, -0.25) is 0 Å². The minimum absolute atomic E-state index is 0.129. The first kappa shape index (κ1) is 13.8. The highest BCUT2D eigenvalue weighted by atomic mass is 14.9. The van der Waals surface area contributed by atoms with E-state index < -0.39 is 0 Å². The van der Waals surface area contributed by atoms with Crippen LogP contribution in [0.3, 0.4) is 0 Å². The van der Waals surface area contributed by atoms with Gasteiger partial charge in [0, 0.05) is 18.6 Å². The van der Waals surface area contributed by atoms with Crippen LogP contribution < -0.4 is 11.1 Å². The lowest BCUT2D eigenvalue weighted by Gasteiger charge is -2.22. The smallest absolute Gasteiger partial charge is 0.0259 e. The van der Waals surface area contributed by atoms with Gasteiger partial charge in [0.2, 0.25) is 0 Å². The maximum Gasteiger partial charge on any atom is 0.0259 e. The average molecular weight is 254 g/mol. The highest BCUT2D eigenvalue weighted by molar-refractivity contribution is 5.17. The van der Waals surface area contributed by atoms with Crippen LogP contribution in [0.2, 0.25) is 0 Å². The Bertz CT molecular complexity index is 465. The Balaban J connectivity index is 1.93. The zero-order valence-corrected chi connectivity index (χ0v) is 11.4. The summed E-state index contributed by atoms with van der Waals surface area (Å²) in [7, 11) is 0. The van der Waals surface area contributed by atoms with Crippen molar-refractivity contribution < 1.29 is 0 Å². The zero-order chi connectivity index (χ0) is 13.5. The molecule has 0 aliphatic rings. The van der Waals surface area contributed by atoms with Crippen molar-refractivity contribution >= 4 is 0 Å². The third-order valence-electron chi connectivity index (χ3n) is 3.34. The third-order valence-corrected chi connectivity index (χ3v) is 3.34. The van der Waals surface area contributed by atoms with Crippen LogP contribution in [0.15, 0.2) is 60.7 Å². The Morgan fingerprint density at radius 3 is 1.95 bits per heavy atom. The molecule has 2 aromatic carbocycles. The minimum atomic E-state index is 0.129. The quantitative estimate of drug-likeness (QED) is 0.832. The van der Waals surface area contributed by atoms with E-state index in [1.807, 2.05) is 12.1 Å². The molecule has 100 valence electrons. The largest absolute Gasteiger partial charge is 0.327 e. The lowest BCUT2D eigenvalue weighted by Crippen LogP contribution is -2.44. The second-order valence-electron chi connectivity index (χ2n) is 5.02. The van der Waals surface area contributed by atoms with Gasteiger partial charge in [-0.05, 0) is 24.5 Å². The van der Waals surface area contributed by atoms with Crippen LogP contribution in [-0.4, -0.2) is 12.1 Å². The van der Waals surface area contributed by atoms with Crippen LogP contribution in [-0.2, 0) is 13.0 Å². The van der Waals surface area contributed by atoms with Crippen LogP contribution in [0.5, 0.6) is 0 Å². The Kier molecular flexibility index (Phi) is 5.13. The summed E-state index contributed by atoms with van der Waals surface area (Å²) in [6.45, 7) is 2.92. The number of nitrogens with one attached hydrogen (secondary N) is 1. The molecule has 0 aliphatic carbocycles. The van der Waals surface area contributed by atoms with Crippen LogP contribution in [0.25, 0.3) is 0 Å². The second kappa shape index (κ2) is 7.07. The van der Waals surface area contributed by atoms with E-state index in [4.69, 9.17) is 5.73 Å². The van der Waals surface area contributed by atoms with E-state index in [-0.39, 0.29) is 6.04 Å². The summed E-state index contributed by atoms with van der Waals surface area (Å²) >= 11 is 0. The van der Waals surface area contributed by atoms with E-state index in [0.717, 1.165) is 13.0 Å². The molecule has 2 atom stereocenters. The molecule has 0 amide bonds. The predicted molar refractivity (Wildman–Crippen MR) is 80.9 cm³/mol. The number of hydrogen-bond acceptors (Lipinski definition) is 2. The topological polar surface area (TPSA) is 38.0 Å². The van der Waals surface area contributed by atoms with Crippen molar-refractivity contribution in [1.82, 2.24) is 5.32 Å². The maximum absolute atomic E-state index is 6.09. The van der Waals surface area contributed by atoms with E-state index in [9.17, 15) is 0 Å². The van der Waals surface area contributed by atoms with Crippen molar-refractivity contribution in [1.29, 1.82) is 0 Å². The van der Waals surface area contributed by atoms with Gasteiger partial charge in [0.1, 0.15) is 0 Å². The minimum Gasteiger partial charge on any atom is -0.327 e. The van der Waals surface area contributed by atoms with Gasteiger partial charge in [-0.15, -0.1) is 0 Å². The van der Waals surface area contributed by atoms with Crippen molar-refractivity contribution in [3.63, 3.8) is 0 Å². The molecule has 19 heavy (non-hydrogen) atoms. The molecule has 2 nitrogen and oxygen atoms in total. The Labute approximate surface area is 115 Å². The maximum atomic E-state index is 6.09. The van der Waals surface area contributed by atoms with Crippen molar-refractivity contribution in [3.05, 3.63) is 71.8 Å². The molecule has 3 N–H and O–H groups in total. The molecule has 0 spiro atoms. The van der Waals surface area contributed by atoms with Gasteiger partial charge < -0.3 is 11.1 Å². The lowest BCUT2D eigenvalue weighted by atomic mass is 10.0. The summed E-state index contributed by atoms with van der Waals surface area (Å²) in [5.41, 5.74) is 8.70. The van der Waals surface area contributed by atoms with Gasteiger partial charge in [0.05, 0.1) is 0 Å². The lowest BCUT2D eigenvalue weighted by molar-refractivity contribution is 0.443. The molecular weight excluding hydrogens is 232 g/mol. The molecule has 2 rings (SSSR count). The molecule has 0 bridgehead atoms. The summed E-state index contributed by atoms with van der Waals surface area (Å²) < 4.78 is 0. The van der Waals surface area contributed by atoms with E-state index in [0.29, 0.717) is 6.04 Å². The van der Waals surface area contributed by atoms with Crippen molar-refractivity contribution in [2.24, 2.45) is 5.73 Å². The molecule has 0 fully saturated rings. The van der Waals surface area contributed by atoms with Gasteiger partial charge in [0.25, 0.3) is 0 Å². The fraction of sp³-hybridized carbons (Fsp3) is 0.294. The van der Waals surface area contributed by atoms with E-state index >= 15 is 0 Å². The fourth-order valence-corrected chi connectivity index (χ4v) is 2.16. The highest BCUT2D eigenvalue weighted by Crippen LogP contribution is 2.07. The van der Waals surface area contributed by atoms with E-state index in [2.05, 4.69) is 60.8 Å². The first-order valence-electron chi connectivity index (χ1n) is 6.82. The highest BCUT2D eigenvalue weighted by Gasteiger charge is 2.13. The fourth-order valence-electron chi connectivity index (χ4n) is 2.16. The molecule has 0 heterocycles.